The molecule has 0 fully saturated rings. The summed E-state index contributed by atoms with van der Waals surface area (Å²) in [6, 6.07) is 12.1. The second-order valence-electron chi connectivity index (χ2n) is 11.0. The van der Waals surface area contributed by atoms with E-state index in [0.717, 1.165) is 12.8 Å². The van der Waals surface area contributed by atoms with Gasteiger partial charge in [-0.2, -0.15) is 0 Å². The van der Waals surface area contributed by atoms with Crippen LogP contribution in [0.25, 0.3) is 17.2 Å². The van der Waals surface area contributed by atoms with Gasteiger partial charge in [0.15, 0.2) is 0 Å². The molecule has 0 heterocycles. The van der Waals surface area contributed by atoms with Gasteiger partial charge in [0.05, 0.1) is 0 Å². The van der Waals surface area contributed by atoms with E-state index >= 15 is 0 Å². The Labute approximate surface area is 179 Å². The standard InChI is InChI=1S/C29H40/c1-10-19(3)22-14-21-13-12-20(11-2)27(26(21)17-22)23-15-24(28(4,5)6)18-25(16-23)29(7,8)9/h12-13,15-19H,10-11,14H2,1-9H3. The number of hydrogen-bond acceptors (Lipinski definition) is 0. The summed E-state index contributed by atoms with van der Waals surface area (Å²) >= 11 is 0. The highest BCUT2D eigenvalue weighted by molar-refractivity contribution is 5.84. The van der Waals surface area contributed by atoms with Crippen molar-refractivity contribution in [3.8, 4) is 11.1 Å². The molecule has 1 unspecified atom stereocenters. The Morgan fingerprint density at radius 1 is 0.862 bits per heavy atom. The minimum absolute atomic E-state index is 0.137. The van der Waals surface area contributed by atoms with E-state index in [2.05, 4.69) is 98.7 Å². The smallest absolute Gasteiger partial charge is 0.00549 e. The fourth-order valence-corrected chi connectivity index (χ4v) is 4.34. The maximum atomic E-state index is 2.51. The van der Waals surface area contributed by atoms with Crippen LogP contribution in [-0.4, -0.2) is 0 Å². The van der Waals surface area contributed by atoms with Gasteiger partial charge in [-0.05, 0) is 75.0 Å². The topological polar surface area (TPSA) is 0 Å². The van der Waals surface area contributed by atoms with Gasteiger partial charge in [0.1, 0.15) is 0 Å². The van der Waals surface area contributed by atoms with Crippen LogP contribution < -0.4 is 0 Å². The molecule has 1 atom stereocenters. The van der Waals surface area contributed by atoms with Crippen molar-refractivity contribution in [2.75, 3.05) is 0 Å². The zero-order valence-electron chi connectivity index (χ0n) is 20.2. The van der Waals surface area contributed by atoms with E-state index < -0.39 is 0 Å². The zero-order valence-corrected chi connectivity index (χ0v) is 20.2. The first-order valence-corrected chi connectivity index (χ1v) is 11.5. The molecule has 2 aromatic rings. The number of rotatable bonds is 4. The summed E-state index contributed by atoms with van der Waals surface area (Å²) in [7, 11) is 0. The van der Waals surface area contributed by atoms with Crippen LogP contribution in [0.5, 0.6) is 0 Å². The maximum absolute atomic E-state index is 2.51. The lowest BCUT2D eigenvalue weighted by Crippen LogP contribution is -2.16. The number of aryl methyl sites for hydroxylation is 1. The van der Waals surface area contributed by atoms with Crippen LogP contribution in [0.3, 0.4) is 0 Å². The molecule has 0 nitrogen and oxygen atoms in total. The van der Waals surface area contributed by atoms with E-state index in [1.807, 2.05) is 0 Å². The molecule has 0 radical (unpaired) electrons. The van der Waals surface area contributed by atoms with E-state index in [0.29, 0.717) is 5.92 Å². The Balaban J connectivity index is 2.29. The molecule has 0 amide bonds. The molecule has 0 saturated carbocycles. The minimum Gasteiger partial charge on any atom is -0.0648 e. The number of hydrogen-bond donors (Lipinski definition) is 0. The van der Waals surface area contributed by atoms with Gasteiger partial charge in [0.2, 0.25) is 0 Å². The van der Waals surface area contributed by atoms with Crippen LogP contribution in [-0.2, 0) is 23.7 Å². The first-order valence-electron chi connectivity index (χ1n) is 11.5. The highest BCUT2D eigenvalue weighted by Crippen LogP contribution is 2.42. The van der Waals surface area contributed by atoms with E-state index in [9.17, 15) is 0 Å². The van der Waals surface area contributed by atoms with Gasteiger partial charge in [0, 0.05) is 0 Å². The van der Waals surface area contributed by atoms with Crippen molar-refractivity contribution in [1.82, 2.24) is 0 Å². The molecule has 0 spiro atoms. The molecule has 0 aliphatic heterocycles. The number of fused-ring (bicyclic) bond motifs is 1. The Bertz CT molecular complexity index is 893. The van der Waals surface area contributed by atoms with Crippen molar-refractivity contribution in [3.63, 3.8) is 0 Å². The van der Waals surface area contributed by atoms with E-state index in [-0.39, 0.29) is 10.8 Å². The molecule has 3 rings (SSSR count). The third-order valence-electron chi connectivity index (χ3n) is 6.73. The summed E-state index contributed by atoms with van der Waals surface area (Å²) in [4.78, 5) is 0. The van der Waals surface area contributed by atoms with Gasteiger partial charge in [-0.3, -0.25) is 0 Å². The Kier molecular flexibility index (Phi) is 5.87. The van der Waals surface area contributed by atoms with Gasteiger partial charge in [-0.1, -0.05) is 104 Å². The van der Waals surface area contributed by atoms with E-state index in [4.69, 9.17) is 0 Å². The SMILES string of the molecule is CCc1ccc2c(c1-c1cc(C(C)(C)C)cc(C(C)(C)C)c1)C=C(C(C)CC)C2. The molecule has 1 aliphatic carbocycles. The highest BCUT2D eigenvalue weighted by atomic mass is 14.3. The molecule has 1 aliphatic rings. The molecule has 0 N–H and O–H groups in total. The fourth-order valence-electron chi connectivity index (χ4n) is 4.34. The van der Waals surface area contributed by atoms with Gasteiger partial charge < -0.3 is 0 Å². The molecule has 2 aromatic carbocycles. The molecule has 0 bridgehead atoms. The van der Waals surface area contributed by atoms with E-state index in [1.165, 1.54) is 45.4 Å². The summed E-state index contributed by atoms with van der Waals surface area (Å²) in [5.41, 5.74) is 12.1. The Hall–Kier alpha value is -1.82. The summed E-state index contributed by atoms with van der Waals surface area (Å²) in [5.74, 6) is 0.659. The average molecular weight is 389 g/mol. The lowest BCUT2D eigenvalue weighted by atomic mass is 9.78. The first kappa shape index (κ1) is 21.9. The third-order valence-corrected chi connectivity index (χ3v) is 6.73. The van der Waals surface area contributed by atoms with Crippen LogP contribution in [0.2, 0.25) is 0 Å². The second kappa shape index (κ2) is 7.78. The molecule has 0 saturated heterocycles. The van der Waals surface area contributed by atoms with Gasteiger partial charge in [0.25, 0.3) is 0 Å². The summed E-state index contributed by atoms with van der Waals surface area (Å²) in [6.07, 6.45) is 5.91. The summed E-state index contributed by atoms with van der Waals surface area (Å²) in [5, 5.41) is 0. The predicted molar refractivity (Wildman–Crippen MR) is 130 cm³/mol. The monoisotopic (exact) mass is 388 g/mol. The van der Waals surface area contributed by atoms with Crippen LogP contribution in [0.4, 0.5) is 0 Å². The van der Waals surface area contributed by atoms with Crippen molar-refractivity contribution >= 4 is 6.08 Å². The van der Waals surface area contributed by atoms with Crippen LogP contribution in [0.15, 0.2) is 35.9 Å². The Morgan fingerprint density at radius 2 is 1.45 bits per heavy atom. The number of allylic oxidation sites excluding steroid dienone is 1. The molecular weight excluding hydrogens is 348 g/mol. The van der Waals surface area contributed by atoms with Gasteiger partial charge >= 0.3 is 0 Å². The van der Waals surface area contributed by atoms with Crippen LogP contribution in [0.1, 0.15) is 96.6 Å². The largest absolute Gasteiger partial charge is 0.0648 e. The normalized spacial score (nSPS) is 15.3. The average Bonchev–Trinajstić information content (AvgIpc) is 3.08. The van der Waals surface area contributed by atoms with Crippen LogP contribution >= 0.6 is 0 Å². The lowest BCUT2D eigenvalue weighted by Gasteiger charge is -2.27. The van der Waals surface area contributed by atoms with E-state index in [1.54, 1.807) is 5.57 Å². The predicted octanol–water partition coefficient (Wildman–Crippen LogP) is 8.50. The number of benzene rings is 2. The fraction of sp³-hybridized carbons (Fsp3) is 0.517. The summed E-state index contributed by atoms with van der Waals surface area (Å²) in [6.45, 7) is 20.9. The first-order chi connectivity index (χ1) is 13.5. The Morgan fingerprint density at radius 3 is 1.93 bits per heavy atom. The molecule has 29 heavy (non-hydrogen) atoms. The molecule has 0 heteroatoms. The molecule has 0 aromatic heterocycles. The van der Waals surface area contributed by atoms with Crippen molar-refractivity contribution in [1.29, 1.82) is 0 Å². The maximum Gasteiger partial charge on any atom is -0.00549 e. The molecule has 156 valence electrons. The highest BCUT2D eigenvalue weighted by Gasteiger charge is 2.25. The zero-order chi connectivity index (χ0) is 21.6. The minimum atomic E-state index is 0.137. The van der Waals surface area contributed by atoms with Crippen LogP contribution in [0, 0.1) is 5.92 Å². The van der Waals surface area contributed by atoms with Gasteiger partial charge in [-0.25, -0.2) is 0 Å². The quantitative estimate of drug-likeness (QED) is 0.492. The van der Waals surface area contributed by atoms with Crippen molar-refractivity contribution < 1.29 is 0 Å². The second-order valence-corrected chi connectivity index (χ2v) is 11.0. The van der Waals surface area contributed by atoms with Crippen molar-refractivity contribution in [3.05, 3.63) is 63.7 Å². The summed E-state index contributed by atoms with van der Waals surface area (Å²) < 4.78 is 0. The lowest BCUT2D eigenvalue weighted by molar-refractivity contribution is 0.569. The van der Waals surface area contributed by atoms with Crippen molar-refractivity contribution in [2.24, 2.45) is 5.92 Å². The third kappa shape index (κ3) is 4.37. The van der Waals surface area contributed by atoms with Crippen molar-refractivity contribution in [2.45, 2.75) is 92.4 Å². The molecular formula is C29H40. The van der Waals surface area contributed by atoms with Gasteiger partial charge in [-0.15, -0.1) is 0 Å².